The number of carboxylic acids is 1. The van der Waals surface area contributed by atoms with Gasteiger partial charge in [0.25, 0.3) is 0 Å². The van der Waals surface area contributed by atoms with E-state index < -0.39 is 17.9 Å². The van der Waals surface area contributed by atoms with E-state index in [0.29, 0.717) is 13.0 Å². The third-order valence-electron chi connectivity index (χ3n) is 3.51. The molecular formula is C15H19N3O4. The maximum absolute atomic E-state index is 11.1. The summed E-state index contributed by atoms with van der Waals surface area (Å²) in [6, 6.07) is 4.26. The molecule has 0 saturated heterocycles. The highest BCUT2D eigenvalue weighted by Gasteiger charge is 2.17. The van der Waals surface area contributed by atoms with Crippen LogP contribution in [0.15, 0.2) is 24.4 Å². The number of H-pyrrole nitrogens is 1. The molecule has 0 fully saturated rings. The van der Waals surface area contributed by atoms with Crippen LogP contribution in [-0.2, 0) is 16.0 Å². The Kier molecular flexibility index (Phi) is 5.00. The summed E-state index contributed by atoms with van der Waals surface area (Å²) in [5.74, 6) is -1.33. The number of nitrogens with one attached hydrogen (secondary N) is 2. The van der Waals surface area contributed by atoms with E-state index in [2.05, 4.69) is 10.3 Å². The van der Waals surface area contributed by atoms with Gasteiger partial charge in [0, 0.05) is 30.1 Å². The molecule has 0 aliphatic rings. The highest BCUT2D eigenvalue weighted by Crippen LogP contribution is 2.23. The Bertz CT molecular complexity index is 680. The number of benzene rings is 1. The lowest BCUT2D eigenvalue weighted by Gasteiger charge is -2.13. The van der Waals surface area contributed by atoms with Crippen LogP contribution in [-0.4, -0.2) is 39.7 Å². The van der Waals surface area contributed by atoms with Crippen molar-refractivity contribution in [1.82, 2.24) is 10.3 Å². The molecular weight excluding hydrogens is 286 g/mol. The van der Waals surface area contributed by atoms with Crippen LogP contribution in [0, 0.1) is 0 Å². The second-order valence-electron chi connectivity index (χ2n) is 5.14. The minimum atomic E-state index is -1.00. The van der Waals surface area contributed by atoms with E-state index >= 15 is 0 Å². The van der Waals surface area contributed by atoms with E-state index in [-0.39, 0.29) is 18.6 Å². The van der Waals surface area contributed by atoms with Crippen molar-refractivity contribution in [1.29, 1.82) is 0 Å². The van der Waals surface area contributed by atoms with Crippen molar-refractivity contribution in [3.05, 3.63) is 30.0 Å². The average Bonchev–Trinajstić information content (AvgIpc) is 2.84. The van der Waals surface area contributed by atoms with Crippen LogP contribution in [0.5, 0.6) is 5.75 Å². The molecule has 7 heteroatoms. The number of carboxylic acid groups (broad SMARTS) is 1. The number of aromatic nitrogens is 1. The second-order valence-corrected chi connectivity index (χ2v) is 5.14. The van der Waals surface area contributed by atoms with Gasteiger partial charge in [-0.3, -0.25) is 9.59 Å². The first-order valence-electron chi connectivity index (χ1n) is 7.01. The predicted octanol–water partition coefficient (Wildman–Crippen LogP) is 0.724. The van der Waals surface area contributed by atoms with E-state index in [0.717, 1.165) is 16.5 Å². The number of phenols is 1. The zero-order valence-electron chi connectivity index (χ0n) is 12.0. The minimum absolute atomic E-state index is 0.0327. The SMILES string of the molecule is NC(=O)CCC(NCCc1c[nH]c2ccc(O)cc12)C(=O)O. The molecule has 2 rings (SSSR count). The molecule has 0 bridgehead atoms. The molecule has 1 unspecified atom stereocenters. The van der Waals surface area contributed by atoms with Gasteiger partial charge in [-0.2, -0.15) is 0 Å². The predicted molar refractivity (Wildman–Crippen MR) is 81.5 cm³/mol. The quantitative estimate of drug-likeness (QED) is 0.491. The number of carbonyl (C=O) groups is 2. The Balaban J connectivity index is 1.94. The molecule has 1 aromatic heterocycles. The van der Waals surface area contributed by atoms with Crippen LogP contribution >= 0.6 is 0 Å². The Morgan fingerprint density at radius 2 is 2.14 bits per heavy atom. The van der Waals surface area contributed by atoms with Crippen LogP contribution in [0.4, 0.5) is 0 Å². The number of nitrogens with two attached hydrogens (primary N) is 1. The molecule has 22 heavy (non-hydrogen) atoms. The molecule has 0 aliphatic carbocycles. The van der Waals surface area contributed by atoms with Crippen molar-refractivity contribution in [3.8, 4) is 5.75 Å². The smallest absolute Gasteiger partial charge is 0.320 e. The van der Waals surface area contributed by atoms with Crippen molar-refractivity contribution in [2.75, 3.05) is 6.54 Å². The zero-order chi connectivity index (χ0) is 16.1. The van der Waals surface area contributed by atoms with Crippen LogP contribution < -0.4 is 11.1 Å². The van der Waals surface area contributed by atoms with E-state index in [1.165, 1.54) is 0 Å². The maximum atomic E-state index is 11.1. The molecule has 0 aliphatic heterocycles. The molecule has 1 amide bonds. The van der Waals surface area contributed by atoms with Gasteiger partial charge in [0.15, 0.2) is 0 Å². The molecule has 0 saturated carbocycles. The summed E-state index contributed by atoms with van der Waals surface area (Å²) in [6.45, 7) is 0.443. The van der Waals surface area contributed by atoms with Crippen molar-refractivity contribution < 1.29 is 19.8 Å². The summed E-state index contributed by atoms with van der Waals surface area (Å²) in [4.78, 5) is 24.9. The lowest BCUT2D eigenvalue weighted by Crippen LogP contribution is -2.38. The lowest BCUT2D eigenvalue weighted by atomic mass is 10.1. The first kappa shape index (κ1) is 15.8. The van der Waals surface area contributed by atoms with Crippen molar-refractivity contribution in [2.45, 2.75) is 25.3 Å². The lowest BCUT2D eigenvalue weighted by molar-refractivity contribution is -0.139. The zero-order valence-corrected chi connectivity index (χ0v) is 12.0. The number of aromatic hydroxyl groups is 1. The third-order valence-corrected chi connectivity index (χ3v) is 3.51. The number of phenolic OH excluding ortho intramolecular Hbond substituents is 1. The molecule has 1 aromatic carbocycles. The monoisotopic (exact) mass is 305 g/mol. The first-order valence-corrected chi connectivity index (χ1v) is 7.01. The van der Waals surface area contributed by atoms with Gasteiger partial charge in [0.1, 0.15) is 11.8 Å². The van der Waals surface area contributed by atoms with Gasteiger partial charge in [-0.1, -0.05) is 0 Å². The largest absolute Gasteiger partial charge is 0.508 e. The fourth-order valence-corrected chi connectivity index (χ4v) is 2.35. The summed E-state index contributed by atoms with van der Waals surface area (Å²) >= 11 is 0. The standard InChI is InChI=1S/C15H19N3O4/c16-14(20)4-3-13(15(21)22)17-6-5-9-8-18-12-2-1-10(19)7-11(9)12/h1-2,7-8,13,17-19H,3-6H2,(H2,16,20)(H,21,22). The number of aliphatic carboxylic acids is 1. The normalized spacial score (nSPS) is 12.4. The molecule has 1 heterocycles. The fraction of sp³-hybridized carbons (Fsp3) is 0.333. The number of fused-ring (bicyclic) bond motifs is 1. The maximum Gasteiger partial charge on any atom is 0.320 e. The second kappa shape index (κ2) is 6.95. The molecule has 0 spiro atoms. The van der Waals surface area contributed by atoms with Crippen LogP contribution in [0.2, 0.25) is 0 Å². The van der Waals surface area contributed by atoms with Crippen molar-refractivity contribution >= 4 is 22.8 Å². The van der Waals surface area contributed by atoms with E-state index in [4.69, 9.17) is 10.8 Å². The number of primary amides is 1. The molecule has 6 N–H and O–H groups in total. The molecule has 1 atom stereocenters. The summed E-state index contributed by atoms with van der Waals surface area (Å²) in [6.07, 6.45) is 2.64. The van der Waals surface area contributed by atoms with Crippen LogP contribution in [0.1, 0.15) is 18.4 Å². The Labute approximate surface area is 127 Å². The highest BCUT2D eigenvalue weighted by molar-refractivity contribution is 5.84. The Morgan fingerprint density at radius 3 is 2.82 bits per heavy atom. The van der Waals surface area contributed by atoms with Crippen molar-refractivity contribution in [2.24, 2.45) is 5.73 Å². The van der Waals surface area contributed by atoms with Gasteiger partial charge < -0.3 is 26.2 Å². The molecule has 0 radical (unpaired) electrons. The average molecular weight is 305 g/mol. The summed E-state index contributed by atoms with van der Waals surface area (Å²) < 4.78 is 0. The van der Waals surface area contributed by atoms with Gasteiger partial charge in [0.2, 0.25) is 5.91 Å². The van der Waals surface area contributed by atoms with E-state index in [1.54, 1.807) is 18.2 Å². The number of carbonyl (C=O) groups excluding carboxylic acids is 1. The van der Waals surface area contributed by atoms with Crippen LogP contribution in [0.25, 0.3) is 10.9 Å². The fourth-order valence-electron chi connectivity index (χ4n) is 2.35. The van der Waals surface area contributed by atoms with Crippen LogP contribution in [0.3, 0.4) is 0 Å². The van der Waals surface area contributed by atoms with Gasteiger partial charge in [-0.25, -0.2) is 0 Å². The highest BCUT2D eigenvalue weighted by atomic mass is 16.4. The third kappa shape index (κ3) is 3.98. The number of amides is 1. The Hall–Kier alpha value is -2.54. The minimum Gasteiger partial charge on any atom is -0.508 e. The van der Waals surface area contributed by atoms with Gasteiger partial charge in [0.05, 0.1) is 0 Å². The number of aromatic amines is 1. The summed E-state index contributed by atoms with van der Waals surface area (Å²) in [5, 5.41) is 22.4. The first-order chi connectivity index (χ1) is 10.5. The van der Waals surface area contributed by atoms with Gasteiger partial charge in [-0.15, -0.1) is 0 Å². The van der Waals surface area contributed by atoms with Gasteiger partial charge in [-0.05, 0) is 36.6 Å². The molecule has 118 valence electrons. The van der Waals surface area contributed by atoms with Gasteiger partial charge >= 0.3 is 5.97 Å². The molecule has 7 nitrogen and oxygen atoms in total. The summed E-state index contributed by atoms with van der Waals surface area (Å²) in [7, 11) is 0. The number of rotatable bonds is 8. The summed E-state index contributed by atoms with van der Waals surface area (Å²) in [5.41, 5.74) is 6.93. The van der Waals surface area contributed by atoms with E-state index in [1.807, 2.05) is 6.20 Å². The van der Waals surface area contributed by atoms with E-state index in [9.17, 15) is 14.7 Å². The number of hydrogen-bond donors (Lipinski definition) is 5. The van der Waals surface area contributed by atoms with Crippen molar-refractivity contribution in [3.63, 3.8) is 0 Å². The Morgan fingerprint density at radius 1 is 1.36 bits per heavy atom. The molecule has 2 aromatic rings. The number of hydrogen-bond acceptors (Lipinski definition) is 4. The topological polar surface area (TPSA) is 128 Å².